The zero-order chi connectivity index (χ0) is 12.1. The maximum atomic E-state index is 5.95. The fourth-order valence-electron chi connectivity index (χ4n) is 1.98. The smallest absolute Gasteiger partial charge is 0.202 e. The molecular formula is C11H19N5. The standard InChI is InChI=1S/C11H19N5/c1-7-8-9(15(5)14-7)16(10(12)13-8)6-11(2,3)4/h6H2,1-5H3,(H2,12,13). The van der Waals surface area contributed by atoms with Gasteiger partial charge < -0.3 is 5.73 Å². The third-order valence-electron chi connectivity index (χ3n) is 2.55. The molecule has 0 amide bonds. The second kappa shape index (κ2) is 3.23. The molecule has 0 spiro atoms. The number of aryl methyl sites for hydroxylation is 2. The van der Waals surface area contributed by atoms with Crippen molar-refractivity contribution in [1.29, 1.82) is 0 Å². The summed E-state index contributed by atoms with van der Waals surface area (Å²) in [4.78, 5) is 4.38. The second-order valence-corrected chi connectivity index (χ2v) is 5.50. The van der Waals surface area contributed by atoms with E-state index in [-0.39, 0.29) is 5.41 Å². The van der Waals surface area contributed by atoms with Gasteiger partial charge in [-0.3, -0.25) is 9.25 Å². The molecule has 0 aliphatic carbocycles. The van der Waals surface area contributed by atoms with Gasteiger partial charge in [-0.2, -0.15) is 5.10 Å². The first-order valence-electron chi connectivity index (χ1n) is 5.45. The number of nitrogens with zero attached hydrogens (tertiary/aromatic N) is 4. The van der Waals surface area contributed by atoms with Crippen LogP contribution < -0.4 is 5.73 Å². The minimum absolute atomic E-state index is 0.167. The summed E-state index contributed by atoms with van der Waals surface area (Å²) in [6, 6.07) is 0. The maximum absolute atomic E-state index is 5.95. The summed E-state index contributed by atoms with van der Waals surface area (Å²) in [5, 5.41) is 4.36. The van der Waals surface area contributed by atoms with Gasteiger partial charge in [0, 0.05) is 13.6 Å². The highest BCUT2D eigenvalue weighted by molar-refractivity contribution is 5.77. The molecule has 2 N–H and O–H groups in total. The number of imidazole rings is 1. The Kier molecular flexibility index (Phi) is 2.22. The lowest BCUT2D eigenvalue weighted by Gasteiger charge is -2.20. The first-order chi connectivity index (χ1) is 7.29. The van der Waals surface area contributed by atoms with E-state index >= 15 is 0 Å². The molecule has 5 heteroatoms. The number of aromatic nitrogens is 4. The van der Waals surface area contributed by atoms with Crippen molar-refractivity contribution in [2.45, 2.75) is 34.2 Å². The molecule has 0 radical (unpaired) electrons. The van der Waals surface area contributed by atoms with Crippen molar-refractivity contribution in [1.82, 2.24) is 19.3 Å². The Morgan fingerprint density at radius 3 is 2.50 bits per heavy atom. The normalized spacial score (nSPS) is 12.6. The molecule has 2 aromatic rings. The Morgan fingerprint density at radius 1 is 1.31 bits per heavy atom. The van der Waals surface area contributed by atoms with Gasteiger partial charge in [-0.05, 0) is 12.3 Å². The van der Waals surface area contributed by atoms with E-state index in [0.717, 1.165) is 23.4 Å². The predicted molar refractivity (Wildman–Crippen MR) is 65.1 cm³/mol. The Morgan fingerprint density at radius 2 is 1.94 bits per heavy atom. The van der Waals surface area contributed by atoms with Crippen LogP contribution in [0.15, 0.2) is 0 Å². The number of anilines is 1. The van der Waals surface area contributed by atoms with Crippen molar-refractivity contribution in [2.24, 2.45) is 12.5 Å². The molecular weight excluding hydrogens is 202 g/mol. The van der Waals surface area contributed by atoms with Crippen LogP contribution in [0.1, 0.15) is 26.5 Å². The fraction of sp³-hybridized carbons (Fsp3) is 0.636. The molecule has 88 valence electrons. The number of nitrogens with two attached hydrogens (primary N) is 1. The molecule has 0 bridgehead atoms. The van der Waals surface area contributed by atoms with E-state index in [1.807, 2.05) is 23.2 Å². The molecule has 0 aliphatic rings. The lowest BCUT2D eigenvalue weighted by molar-refractivity contribution is 0.348. The monoisotopic (exact) mass is 221 g/mol. The van der Waals surface area contributed by atoms with Crippen LogP contribution in [-0.2, 0) is 13.6 Å². The van der Waals surface area contributed by atoms with Crippen LogP contribution in [0.25, 0.3) is 11.2 Å². The van der Waals surface area contributed by atoms with Gasteiger partial charge in [-0.1, -0.05) is 20.8 Å². The first kappa shape index (κ1) is 11.0. The van der Waals surface area contributed by atoms with E-state index < -0.39 is 0 Å². The van der Waals surface area contributed by atoms with Crippen molar-refractivity contribution in [3.63, 3.8) is 0 Å². The number of rotatable bonds is 1. The third kappa shape index (κ3) is 1.66. The highest BCUT2D eigenvalue weighted by Gasteiger charge is 2.20. The van der Waals surface area contributed by atoms with Crippen molar-refractivity contribution in [3.05, 3.63) is 5.69 Å². The Balaban J connectivity index is 2.64. The zero-order valence-corrected chi connectivity index (χ0v) is 10.6. The number of nitrogen functional groups attached to an aromatic ring is 1. The van der Waals surface area contributed by atoms with Crippen molar-refractivity contribution in [3.8, 4) is 0 Å². The van der Waals surface area contributed by atoms with Gasteiger partial charge in [-0.15, -0.1) is 0 Å². The summed E-state index contributed by atoms with van der Waals surface area (Å²) < 4.78 is 3.88. The van der Waals surface area contributed by atoms with Crippen LogP contribution in [0, 0.1) is 12.3 Å². The Labute approximate surface area is 95.3 Å². The number of hydrogen-bond acceptors (Lipinski definition) is 3. The van der Waals surface area contributed by atoms with Crippen LogP contribution in [-0.4, -0.2) is 19.3 Å². The summed E-state index contributed by atoms with van der Waals surface area (Å²) in [6.07, 6.45) is 0. The van der Waals surface area contributed by atoms with Gasteiger partial charge in [0.15, 0.2) is 5.65 Å². The molecule has 5 nitrogen and oxygen atoms in total. The molecule has 0 atom stereocenters. The lowest BCUT2D eigenvalue weighted by atomic mass is 9.97. The van der Waals surface area contributed by atoms with Crippen LogP contribution in [0.5, 0.6) is 0 Å². The van der Waals surface area contributed by atoms with E-state index in [4.69, 9.17) is 5.73 Å². The summed E-state index contributed by atoms with van der Waals surface area (Å²) in [5.41, 5.74) is 8.96. The molecule has 0 unspecified atom stereocenters. The average Bonchev–Trinajstić information content (AvgIpc) is 2.53. The van der Waals surface area contributed by atoms with Crippen LogP contribution >= 0.6 is 0 Å². The molecule has 2 aromatic heterocycles. The lowest BCUT2D eigenvalue weighted by Crippen LogP contribution is -2.18. The zero-order valence-electron chi connectivity index (χ0n) is 10.6. The number of hydrogen-bond donors (Lipinski definition) is 1. The molecule has 0 aromatic carbocycles. The number of fused-ring (bicyclic) bond motifs is 1. The average molecular weight is 221 g/mol. The van der Waals surface area contributed by atoms with Crippen molar-refractivity contribution >= 4 is 17.1 Å². The minimum atomic E-state index is 0.167. The molecule has 0 fully saturated rings. The van der Waals surface area contributed by atoms with E-state index in [1.165, 1.54) is 0 Å². The van der Waals surface area contributed by atoms with E-state index in [9.17, 15) is 0 Å². The highest BCUT2D eigenvalue weighted by atomic mass is 15.3. The summed E-state index contributed by atoms with van der Waals surface area (Å²) in [6.45, 7) is 9.34. The second-order valence-electron chi connectivity index (χ2n) is 5.50. The molecule has 16 heavy (non-hydrogen) atoms. The van der Waals surface area contributed by atoms with Gasteiger partial charge >= 0.3 is 0 Å². The van der Waals surface area contributed by atoms with Gasteiger partial charge in [0.05, 0.1) is 5.69 Å². The molecule has 0 saturated carbocycles. The highest BCUT2D eigenvalue weighted by Crippen LogP contribution is 2.25. The van der Waals surface area contributed by atoms with Crippen molar-refractivity contribution < 1.29 is 0 Å². The quantitative estimate of drug-likeness (QED) is 0.797. The predicted octanol–water partition coefficient (Wildman–Crippen LogP) is 1.71. The topological polar surface area (TPSA) is 61.7 Å². The largest absolute Gasteiger partial charge is 0.369 e. The van der Waals surface area contributed by atoms with Crippen LogP contribution in [0.3, 0.4) is 0 Å². The summed E-state index contributed by atoms with van der Waals surface area (Å²) in [7, 11) is 1.93. The van der Waals surface area contributed by atoms with E-state index in [1.54, 1.807) is 0 Å². The summed E-state index contributed by atoms with van der Waals surface area (Å²) >= 11 is 0. The maximum Gasteiger partial charge on any atom is 0.202 e. The SMILES string of the molecule is Cc1nn(C)c2c1nc(N)n2CC(C)(C)C. The van der Waals surface area contributed by atoms with Crippen LogP contribution in [0.2, 0.25) is 0 Å². The van der Waals surface area contributed by atoms with E-state index in [2.05, 4.69) is 30.9 Å². The molecule has 0 aliphatic heterocycles. The van der Waals surface area contributed by atoms with Gasteiger partial charge in [0.25, 0.3) is 0 Å². The first-order valence-corrected chi connectivity index (χ1v) is 5.45. The van der Waals surface area contributed by atoms with Gasteiger partial charge in [0.1, 0.15) is 5.52 Å². The molecule has 2 heterocycles. The van der Waals surface area contributed by atoms with Crippen LogP contribution in [0.4, 0.5) is 5.95 Å². The molecule has 2 rings (SSSR count). The minimum Gasteiger partial charge on any atom is -0.369 e. The fourth-order valence-corrected chi connectivity index (χ4v) is 1.98. The van der Waals surface area contributed by atoms with Gasteiger partial charge in [-0.25, -0.2) is 4.98 Å². The Hall–Kier alpha value is -1.52. The summed E-state index contributed by atoms with van der Waals surface area (Å²) in [5.74, 6) is 0.570. The Bertz CT molecular complexity index is 527. The third-order valence-corrected chi connectivity index (χ3v) is 2.55. The van der Waals surface area contributed by atoms with Gasteiger partial charge in [0.2, 0.25) is 5.95 Å². The molecule has 0 saturated heterocycles. The van der Waals surface area contributed by atoms with E-state index in [0.29, 0.717) is 5.95 Å². The van der Waals surface area contributed by atoms with Crippen molar-refractivity contribution in [2.75, 3.05) is 5.73 Å².